The van der Waals surface area contributed by atoms with Gasteiger partial charge in [-0.15, -0.1) is 11.8 Å². The number of ether oxygens (including phenoxy) is 1. The van der Waals surface area contributed by atoms with Crippen LogP contribution >= 0.6 is 11.8 Å². The lowest BCUT2D eigenvalue weighted by molar-refractivity contribution is 0.279. The van der Waals surface area contributed by atoms with Crippen LogP contribution in [-0.2, 0) is 4.74 Å². The molecular formula is C12H15NOS. The average molecular weight is 221 g/mol. The molecule has 80 valence electrons. The number of rotatable bonds is 2. The lowest BCUT2D eigenvalue weighted by Gasteiger charge is -2.07. The van der Waals surface area contributed by atoms with E-state index in [9.17, 15) is 0 Å². The van der Waals surface area contributed by atoms with E-state index in [0.717, 1.165) is 11.5 Å². The maximum Gasteiger partial charge on any atom is 0.217 e. The molecule has 3 heteroatoms. The normalized spacial score (nSPS) is 18.5. The molecule has 0 bridgehead atoms. The van der Waals surface area contributed by atoms with Gasteiger partial charge in [-0.05, 0) is 32.2 Å². The first-order valence-corrected chi connectivity index (χ1v) is 6.21. The summed E-state index contributed by atoms with van der Waals surface area (Å²) in [6.45, 7) is 4.84. The van der Waals surface area contributed by atoms with Crippen molar-refractivity contribution in [1.82, 2.24) is 0 Å². The standard InChI is InChI=1S/C12H15NOS/c1-12(2)8-14-11(13-12)9-6-4-5-7-10(9)15-3/h4-7H,8H2,1-3H3. The Morgan fingerprint density at radius 2 is 2.07 bits per heavy atom. The molecule has 1 aromatic rings. The van der Waals surface area contributed by atoms with Gasteiger partial charge in [0.2, 0.25) is 5.90 Å². The molecule has 0 unspecified atom stereocenters. The van der Waals surface area contributed by atoms with Crippen LogP contribution in [-0.4, -0.2) is 24.3 Å². The number of benzene rings is 1. The molecular weight excluding hydrogens is 206 g/mol. The summed E-state index contributed by atoms with van der Waals surface area (Å²) in [6.07, 6.45) is 2.07. The van der Waals surface area contributed by atoms with E-state index in [4.69, 9.17) is 4.74 Å². The van der Waals surface area contributed by atoms with Crippen molar-refractivity contribution in [3.63, 3.8) is 0 Å². The van der Waals surface area contributed by atoms with Crippen LogP contribution in [0.15, 0.2) is 34.2 Å². The van der Waals surface area contributed by atoms with E-state index < -0.39 is 0 Å². The topological polar surface area (TPSA) is 21.6 Å². The van der Waals surface area contributed by atoms with Crippen molar-refractivity contribution in [3.8, 4) is 0 Å². The summed E-state index contributed by atoms with van der Waals surface area (Å²) in [5.74, 6) is 0.782. The first-order valence-electron chi connectivity index (χ1n) is 4.98. The molecule has 15 heavy (non-hydrogen) atoms. The van der Waals surface area contributed by atoms with Crippen molar-refractivity contribution in [2.45, 2.75) is 24.3 Å². The van der Waals surface area contributed by atoms with Crippen LogP contribution in [0.5, 0.6) is 0 Å². The number of hydrogen-bond donors (Lipinski definition) is 0. The Bertz CT molecular complexity index is 398. The van der Waals surface area contributed by atoms with Crippen LogP contribution in [0.4, 0.5) is 0 Å². The molecule has 0 spiro atoms. The van der Waals surface area contributed by atoms with Crippen molar-refractivity contribution >= 4 is 17.7 Å². The summed E-state index contributed by atoms with van der Waals surface area (Å²) in [6, 6.07) is 8.21. The van der Waals surface area contributed by atoms with Crippen molar-refractivity contribution < 1.29 is 4.74 Å². The lowest BCUT2D eigenvalue weighted by Crippen LogP contribution is -2.17. The molecule has 0 fully saturated rings. The molecule has 0 atom stereocenters. The highest BCUT2D eigenvalue weighted by Crippen LogP contribution is 2.26. The third-order valence-corrected chi connectivity index (χ3v) is 3.10. The summed E-state index contributed by atoms with van der Waals surface area (Å²) in [5.41, 5.74) is 1.02. The van der Waals surface area contributed by atoms with Gasteiger partial charge in [0, 0.05) is 10.5 Å². The minimum Gasteiger partial charge on any atom is -0.475 e. The summed E-state index contributed by atoms with van der Waals surface area (Å²) in [5, 5.41) is 0. The smallest absolute Gasteiger partial charge is 0.217 e. The maximum atomic E-state index is 5.63. The van der Waals surface area contributed by atoms with E-state index in [1.54, 1.807) is 11.8 Å². The number of aliphatic imine (C=N–C) groups is 1. The fraction of sp³-hybridized carbons (Fsp3) is 0.417. The van der Waals surface area contributed by atoms with Crippen LogP contribution in [0.1, 0.15) is 19.4 Å². The highest BCUT2D eigenvalue weighted by molar-refractivity contribution is 7.98. The van der Waals surface area contributed by atoms with Crippen molar-refractivity contribution in [2.24, 2.45) is 4.99 Å². The Morgan fingerprint density at radius 3 is 2.67 bits per heavy atom. The van der Waals surface area contributed by atoms with E-state index in [0.29, 0.717) is 6.61 Å². The average Bonchev–Trinajstić information content (AvgIpc) is 2.59. The molecule has 0 saturated carbocycles. The lowest BCUT2D eigenvalue weighted by atomic mass is 10.1. The van der Waals surface area contributed by atoms with Gasteiger partial charge >= 0.3 is 0 Å². The van der Waals surface area contributed by atoms with E-state index >= 15 is 0 Å². The number of hydrogen-bond acceptors (Lipinski definition) is 3. The second kappa shape index (κ2) is 3.89. The predicted octanol–water partition coefficient (Wildman–Crippen LogP) is 2.96. The highest BCUT2D eigenvalue weighted by Gasteiger charge is 2.27. The second-order valence-corrected chi connectivity index (χ2v) is 5.07. The molecule has 1 aliphatic heterocycles. The molecule has 1 aliphatic rings. The zero-order valence-electron chi connectivity index (χ0n) is 9.28. The van der Waals surface area contributed by atoms with Crippen LogP contribution < -0.4 is 0 Å². The van der Waals surface area contributed by atoms with Crippen LogP contribution in [0.2, 0.25) is 0 Å². The Morgan fingerprint density at radius 1 is 1.33 bits per heavy atom. The van der Waals surface area contributed by atoms with Crippen molar-refractivity contribution in [3.05, 3.63) is 29.8 Å². The van der Waals surface area contributed by atoms with Gasteiger partial charge in [-0.1, -0.05) is 12.1 Å². The highest BCUT2D eigenvalue weighted by atomic mass is 32.2. The summed E-state index contributed by atoms with van der Waals surface area (Å²) >= 11 is 1.72. The molecule has 2 nitrogen and oxygen atoms in total. The van der Waals surface area contributed by atoms with Gasteiger partial charge < -0.3 is 4.74 Å². The minimum absolute atomic E-state index is 0.0825. The molecule has 2 rings (SSSR count). The Kier molecular flexibility index (Phi) is 2.74. The van der Waals surface area contributed by atoms with Gasteiger partial charge in [0.05, 0.1) is 5.54 Å². The monoisotopic (exact) mass is 221 g/mol. The largest absolute Gasteiger partial charge is 0.475 e. The molecule has 0 amide bonds. The molecule has 1 heterocycles. The second-order valence-electron chi connectivity index (χ2n) is 4.22. The maximum absolute atomic E-state index is 5.63. The van der Waals surface area contributed by atoms with Gasteiger partial charge in [-0.2, -0.15) is 0 Å². The third-order valence-electron chi connectivity index (χ3n) is 2.30. The van der Waals surface area contributed by atoms with Crippen LogP contribution in [0.25, 0.3) is 0 Å². The first-order chi connectivity index (χ1) is 7.12. The fourth-order valence-electron chi connectivity index (χ4n) is 1.54. The Hall–Kier alpha value is -0.960. The van der Waals surface area contributed by atoms with Gasteiger partial charge in [0.25, 0.3) is 0 Å². The van der Waals surface area contributed by atoms with Gasteiger partial charge in [0.1, 0.15) is 6.61 Å². The van der Waals surface area contributed by atoms with Gasteiger partial charge in [-0.3, -0.25) is 0 Å². The van der Waals surface area contributed by atoms with E-state index in [1.807, 2.05) is 12.1 Å². The summed E-state index contributed by atoms with van der Waals surface area (Å²) in [7, 11) is 0. The molecule has 1 aromatic carbocycles. The number of nitrogens with zero attached hydrogens (tertiary/aromatic N) is 1. The minimum atomic E-state index is -0.0825. The Balaban J connectivity index is 2.39. The number of thioether (sulfide) groups is 1. The summed E-state index contributed by atoms with van der Waals surface area (Å²) in [4.78, 5) is 5.80. The van der Waals surface area contributed by atoms with E-state index in [-0.39, 0.29) is 5.54 Å². The SMILES string of the molecule is CSc1ccccc1C1=NC(C)(C)CO1. The Labute approximate surface area is 94.7 Å². The van der Waals surface area contributed by atoms with Crippen molar-refractivity contribution in [1.29, 1.82) is 0 Å². The molecule has 0 saturated heterocycles. The molecule has 0 aromatic heterocycles. The first kappa shape index (κ1) is 10.6. The summed E-state index contributed by atoms with van der Waals surface area (Å²) < 4.78 is 5.63. The predicted molar refractivity (Wildman–Crippen MR) is 64.8 cm³/mol. The zero-order chi connectivity index (χ0) is 10.9. The quantitative estimate of drug-likeness (QED) is 0.716. The van der Waals surface area contributed by atoms with Gasteiger partial charge in [-0.25, -0.2) is 4.99 Å². The van der Waals surface area contributed by atoms with Gasteiger partial charge in [0.15, 0.2) is 0 Å². The van der Waals surface area contributed by atoms with E-state index in [1.165, 1.54) is 4.90 Å². The fourth-order valence-corrected chi connectivity index (χ4v) is 2.13. The van der Waals surface area contributed by atoms with Crippen LogP contribution in [0.3, 0.4) is 0 Å². The van der Waals surface area contributed by atoms with E-state index in [2.05, 4.69) is 37.2 Å². The molecule has 0 aliphatic carbocycles. The van der Waals surface area contributed by atoms with Crippen LogP contribution in [0, 0.1) is 0 Å². The van der Waals surface area contributed by atoms with Crippen molar-refractivity contribution in [2.75, 3.05) is 12.9 Å². The molecule has 0 radical (unpaired) electrons. The zero-order valence-corrected chi connectivity index (χ0v) is 10.1. The third kappa shape index (κ3) is 2.17. The molecule has 0 N–H and O–H groups in total.